The van der Waals surface area contributed by atoms with E-state index in [0.29, 0.717) is 5.69 Å². The van der Waals surface area contributed by atoms with Gasteiger partial charge in [0.05, 0.1) is 11.5 Å². The van der Waals surface area contributed by atoms with Crippen molar-refractivity contribution in [2.24, 2.45) is 0 Å². The molecular formula is C12H20N2O4S. The van der Waals surface area contributed by atoms with Gasteiger partial charge in [-0.05, 0) is 31.2 Å². The molecule has 0 amide bonds. The molecule has 0 spiro atoms. The molecule has 108 valence electrons. The molecule has 1 rings (SSSR count). The standard InChI is InChI=1S/C12H20N2O4S/c1-12(16,9-15)8-13-10-4-6-11(7-5-10)19(17,18)14(2)3/h4-7,13,15-16H,8-9H2,1-3H3. The SMILES string of the molecule is CN(C)S(=O)(=O)c1ccc(NCC(C)(O)CO)cc1. The normalized spacial score (nSPS) is 15.3. The summed E-state index contributed by atoms with van der Waals surface area (Å²) in [5, 5.41) is 21.5. The molecule has 0 aliphatic heterocycles. The summed E-state index contributed by atoms with van der Waals surface area (Å²) in [5.41, 5.74) is -0.541. The molecule has 6 nitrogen and oxygen atoms in total. The summed E-state index contributed by atoms with van der Waals surface area (Å²) in [6.07, 6.45) is 0. The van der Waals surface area contributed by atoms with Crippen LogP contribution in [0.25, 0.3) is 0 Å². The summed E-state index contributed by atoms with van der Waals surface area (Å²) in [7, 11) is -0.481. The predicted molar refractivity (Wildman–Crippen MR) is 73.5 cm³/mol. The van der Waals surface area contributed by atoms with Gasteiger partial charge < -0.3 is 15.5 Å². The predicted octanol–water partition coefficient (Wildman–Crippen LogP) is 0.0921. The smallest absolute Gasteiger partial charge is 0.242 e. The van der Waals surface area contributed by atoms with Crippen LogP contribution in [0.1, 0.15) is 6.92 Å². The van der Waals surface area contributed by atoms with Gasteiger partial charge in [-0.2, -0.15) is 0 Å². The van der Waals surface area contributed by atoms with Crippen molar-refractivity contribution in [2.75, 3.05) is 32.6 Å². The minimum atomic E-state index is -3.43. The zero-order chi connectivity index (χ0) is 14.7. The Morgan fingerprint density at radius 2 is 1.79 bits per heavy atom. The first-order valence-electron chi connectivity index (χ1n) is 5.79. The number of nitrogens with one attached hydrogen (secondary N) is 1. The minimum Gasteiger partial charge on any atom is -0.393 e. The zero-order valence-electron chi connectivity index (χ0n) is 11.3. The van der Waals surface area contributed by atoms with E-state index in [2.05, 4.69) is 5.32 Å². The van der Waals surface area contributed by atoms with Crippen LogP contribution in [-0.4, -0.2) is 55.8 Å². The van der Waals surface area contributed by atoms with Crippen molar-refractivity contribution in [1.82, 2.24) is 4.31 Å². The van der Waals surface area contributed by atoms with Crippen LogP contribution < -0.4 is 5.32 Å². The molecule has 7 heteroatoms. The van der Waals surface area contributed by atoms with Crippen molar-refractivity contribution in [3.63, 3.8) is 0 Å². The number of benzene rings is 1. The Morgan fingerprint density at radius 3 is 2.21 bits per heavy atom. The Kier molecular flexibility index (Phi) is 4.92. The summed E-state index contributed by atoms with van der Waals surface area (Å²) in [6.45, 7) is 1.32. The van der Waals surface area contributed by atoms with Crippen molar-refractivity contribution in [1.29, 1.82) is 0 Å². The summed E-state index contributed by atoms with van der Waals surface area (Å²) in [6, 6.07) is 6.21. The number of rotatable bonds is 6. The Morgan fingerprint density at radius 1 is 1.26 bits per heavy atom. The minimum absolute atomic E-state index is 0.170. The molecule has 0 aliphatic rings. The first-order valence-corrected chi connectivity index (χ1v) is 7.23. The lowest BCUT2D eigenvalue weighted by atomic mass is 10.1. The van der Waals surface area contributed by atoms with Gasteiger partial charge in [-0.15, -0.1) is 0 Å². The van der Waals surface area contributed by atoms with Crippen molar-refractivity contribution in [3.8, 4) is 0 Å². The maximum absolute atomic E-state index is 11.8. The van der Waals surface area contributed by atoms with E-state index in [4.69, 9.17) is 5.11 Å². The van der Waals surface area contributed by atoms with Crippen molar-refractivity contribution >= 4 is 15.7 Å². The van der Waals surface area contributed by atoms with Crippen LogP contribution in [0, 0.1) is 0 Å². The van der Waals surface area contributed by atoms with E-state index in [-0.39, 0.29) is 18.0 Å². The third kappa shape index (κ3) is 4.17. The molecule has 0 heterocycles. The molecule has 1 aromatic rings. The van der Waals surface area contributed by atoms with Gasteiger partial charge in [0.1, 0.15) is 5.60 Å². The lowest BCUT2D eigenvalue weighted by Crippen LogP contribution is -2.37. The van der Waals surface area contributed by atoms with Crippen LogP contribution >= 0.6 is 0 Å². The summed E-state index contributed by atoms with van der Waals surface area (Å²) >= 11 is 0. The highest BCUT2D eigenvalue weighted by molar-refractivity contribution is 7.89. The topological polar surface area (TPSA) is 89.9 Å². The van der Waals surface area contributed by atoms with E-state index < -0.39 is 15.6 Å². The fourth-order valence-electron chi connectivity index (χ4n) is 1.30. The van der Waals surface area contributed by atoms with E-state index in [1.54, 1.807) is 12.1 Å². The molecule has 0 saturated carbocycles. The van der Waals surface area contributed by atoms with Gasteiger partial charge in [-0.1, -0.05) is 0 Å². The molecule has 0 saturated heterocycles. The monoisotopic (exact) mass is 288 g/mol. The average molecular weight is 288 g/mol. The summed E-state index contributed by atoms with van der Waals surface area (Å²) in [5.74, 6) is 0. The van der Waals surface area contributed by atoms with Gasteiger partial charge in [-0.3, -0.25) is 0 Å². The van der Waals surface area contributed by atoms with Crippen LogP contribution in [0.3, 0.4) is 0 Å². The van der Waals surface area contributed by atoms with Crippen molar-refractivity contribution < 1.29 is 18.6 Å². The average Bonchev–Trinajstić information content (AvgIpc) is 2.37. The highest BCUT2D eigenvalue weighted by Gasteiger charge is 2.19. The second kappa shape index (κ2) is 5.87. The van der Waals surface area contributed by atoms with Crippen molar-refractivity contribution in [2.45, 2.75) is 17.4 Å². The molecule has 0 bridgehead atoms. The molecule has 1 unspecified atom stereocenters. The van der Waals surface area contributed by atoms with Gasteiger partial charge in [0, 0.05) is 26.3 Å². The van der Waals surface area contributed by atoms with E-state index in [9.17, 15) is 13.5 Å². The first kappa shape index (κ1) is 15.9. The molecule has 19 heavy (non-hydrogen) atoms. The zero-order valence-corrected chi connectivity index (χ0v) is 12.1. The Balaban J connectivity index is 2.78. The Hall–Kier alpha value is -1.15. The highest BCUT2D eigenvalue weighted by atomic mass is 32.2. The number of nitrogens with zero attached hydrogens (tertiary/aromatic N) is 1. The van der Waals surface area contributed by atoms with Crippen LogP contribution in [0.5, 0.6) is 0 Å². The second-order valence-corrected chi connectivity index (χ2v) is 6.97. The lowest BCUT2D eigenvalue weighted by Gasteiger charge is -2.21. The largest absolute Gasteiger partial charge is 0.393 e. The number of hydrogen-bond donors (Lipinski definition) is 3. The van der Waals surface area contributed by atoms with Crippen LogP contribution in [0.4, 0.5) is 5.69 Å². The molecule has 1 aromatic carbocycles. The summed E-state index contributed by atoms with van der Waals surface area (Å²) < 4.78 is 24.8. The van der Waals surface area contributed by atoms with Gasteiger partial charge >= 0.3 is 0 Å². The first-order chi connectivity index (χ1) is 8.69. The van der Waals surface area contributed by atoms with Gasteiger partial charge in [0.2, 0.25) is 10.0 Å². The Labute approximate surface area is 113 Å². The molecular weight excluding hydrogens is 268 g/mol. The van der Waals surface area contributed by atoms with Crippen LogP contribution in [0.15, 0.2) is 29.2 Å². The number of aliphatic hydroxyl groups excluding tert-OH is 1. The summed E-state index contributed by atoms with van der Waals surface area (Å²) in [4.78, 5) is 0.206. The quantitative estimate of drug-likeness (QED) is 0.690. The third-order valence-electron chi connectivity index (χ3n) is 2.65. The fraction of sp³-hybridized carbons (Fsp3) is 0.500. The number of hydrogen-bond acceptors (Lipinski definition) is 5. The molecule has 1 atom stereocenters. The van der Waals surface area contributed by atoms with Gasteiger partial charge in [-0.25, -0.2) is 12.7 Å². The maximum atomic E-state index is 11.8. The van der Waals surface area contributed by atoms with Crippen LogP contribution in [0.2, 0.25) is 0 Å². The third-order valence-corrected chi connectivity index (χ3v) is 4.48. The lowest BCUT2D eigenvalue weighted by molar-refractivity contribution is 0.0132. The van der Waals surface area contributed by atoms with E-state index >= 15 is 0 Å². The second-order valence-electron chi connectivity index (χ2n) is 4.82. The van der Waals surface area contributed by atoms with Gasteiger partial charge in [0.15, 0.2) is 0 Å². The number of aliphatic hydroxyl groups is 2. The van der Waals surface area contributed by atoms with E-state index in [1.807, 2.05) is 0 Å². The molecule has 0 aromatic heterocycles. The number of sulfonamides is 1. The van der Waals surface area contributed by atoms with Gasteiger partial charge in [0.25, 0.3) is 0 Å². The fourth-order valence-corrected chi connectivity index (χ4v) is 2.21. The van der Waals surface area contributed by atoms with Crippen molar-refractivity contribution in [3.05, 3.63) is 24.3 Å². The molecule has 0 radical (unpaired) electrons. The van der Waals surface area contributed by atoms with E-state index in [1.165, 1.54) is 33.2 Å². The molecule has 0 fully saturated rings. The molecule has 3 N–H and O–H groups in total. The maximum Gasteiger partial charge on any atom is 0.242 e. The highest BCUT2D eigenvalue weighted by Crippen LogP contribution is 2.17. The number of anilines is 1. The van der Waals surface area contributed by atoms with E-state index in [0.717, 1.165) is 4.31 Å². The molecule has 0 aliphatic carbocycles. The van der Waals surface area contributed by atoms with Crippen LogP contribution in [-0.2, 0) is 10.0 Å². The Bertz CT molecular complexity index is 509.